The Kier molecular flexibility index (Phi) is 6.04. The van der Waals surface area contributed by atoms with Gasteiger partial charge in [-0.1, -0.05) is 23.7 Å². The monoisotopic (exact) mass is 409 g/mol. The maximum Gasteiger partial charge on any atom is 0.307 e. The van der Waals surface area contributed by atoms with Gasteiger partial charge in [0.05, 0.1) is 17.4 Å². The molecular weight excluding hydrogens is 390 g/mol. The summed E-state index contributed by atoms with van der Waals surface area (Å²) in [5.41, 5.74) is 0.682. The lowest BCUT2D eigenvalue weighted by Crippen LogP contribution is -2.42. The molecule has 0 radical (unpaired) electrons. The summed E-state index contributed by atoms with van der Waals surface area (Å²) >= 11 is 5.82. The fourth-order valence-corrected chi connectivity index (χ4v) is 4.54. The van der Waals surface area contributed by atoms with Crippen molar-refractivity contribution >= 4 is 27.6 Å². The number of nitrogens with one attached hydrogen (secondary N) is 1. The van der Waals surface area contributed by atoms with Crippen molar-refractivity contribution in [3.05, 3.63) is 59.1 Å². The minimum absolute atomic E-state index is 0.0484. The molecule has 0 bridgehead atoms. The second-order valence-electron chi connectivity index (χ2n) is 6.48. The van der Waals surface area contributed by atoms with Crippen molar-refractivity contribution in [2.75, 3.05) is 0 Å². The fraction of sp³-hybridized carbons (Fsp3) is 0.316. The maximum absolute atomic E-state index is 12.6. The number of hydrogen-bond donors (Lipinski definition) is 2. The molecule has 6 nitrogen and oxygen atoms in total. The van der Waals surface area contributed by atoms with Crippen LogP contribution in [-0.4, -0.2) is 31.6 Å². The Morgan fingerprint density at radius 3 is 2.41 bits per heavy atom. The quantitative estimate of drug-likeness (QED) is 0.732. The van der Waals surface area contributed by atoms with Gasteiger partial charge >= 0.3 is 5.97 Å². The molecule has 144 valence electrons. The van der Waals surface area contributed by atoms with Crippen molar-refractivity contribution in [1.29, 1.82) is 0 Å². The zero-order chi connectivity index (χ0) is 19.4. The summed E-state index contributed by atoms with van der Waals surface area (Å²) in [6.07, 6.45) is 1.96. The Morgan fingerprint density at radius 2 is 1.78 bits per heavy atom. The number of carboxylic acid groups (broad SMARTS) is 1. The van der Waals surface area contributed by atoms with Gasteiger partial charge in [-0.15, -0.1) is 0 Å². The van der Waals surface area contributed by atoms with Gasteiger partial charge in [0.2, 0.25) is 10.0 Å². The number of sulfonamides is 1. The molecule has 0 aliphatic heterocycles. The van der Waals surface area contributed by atoms with Gasteiger partial charge in [0.15, 0.2) is 0 Å². The number of rotatable bonds is 7. The van der Waals surface area contributed by atoms with Crippen LogP contribution in [-0.2, 0) is 21.2 Å². The normalized spacial score (nSPS) is 19.7. The van der Waals surface area contributed by atoms with Crippen LogP contribution >= 0.6 is 11.6 Å². The number of halogens is 1. The molecule has 1 saturated carbocycles. The highest BCUT2D eigenvalue weighted by atomic mass is 35.5. The van der Waals surface area contributed by atoms with E-state index in [4.69, 9.17) is 21.4 Å². The zero-order valence-electron chi connectivity index (χ0n) is 14.5. The Balaban J connectivity index is 1.66. The van der Waals surface area contributed by atoms with Gasteiger partial charge in [-0.3, -0.25) is 4.79 Å². The summed E-state index contributed by atoms with van der Waals surface area (Å²) in [4.78, 5) is 10.9. The number of ether oxygens (including phenoxy) is 1. The molecule has 2 unspecified atom stereocenters. The summed E-state index contributed by atoms with van der Waals surface area (Å²) in [6, 6.07) is 12.5. The van der Waals surface area contributed by atoms with Crippen LogP contribution in [0.3, 0.4) is 0 Å². The molecule has 3 rings (SSSR count). The number of aliphatic carboxylic acids is 1. The molecule has 8 heteroatoms. The van der Waals surface area contributed by atoms with E-state index in [0.717, 1.165) is 12.8 Å². The molecule has 0 heterocycles. The lowest BCUT2D eigenvalue weighted by atomic mass is 10.1. The van der Waals surface area contributed by atoms with Gasteiger partial charge < -0.3 is 9.84 Å². The van der Waals surface area contributed by atoms with E-state index in [-0.39, 0.29) is 23.5 Å². The highest BCUT2D eigenvalue weighted by Gasteiger charge is 2.33. The van der Waals surface area contributed by atoms with Crippen molar-refractivity contribution in [3.63, 3.8) is 0 Å². The first-order valence-corrected chi connectivity index (χ1v) is 10.4. The van der Waals surface area contributed by atoms with Crippen molar-refractivity contribution in [1.82, 2.24) is 4.72 Å². The third-order valence-corrected chi connectivity index (χ3v) is 6.21. The number of carboxylic acids is 1. The lowest BCUT2D eigenvalue weighted by molar-refractivity contribution is -0.136. The predicted octanol–water partition coefficient (Wildman–Crippen LogP) is 3.25. The summed E-state index contributed by atoms with van der Waals surface area (Å²) in [5, 5.41) is 9.29. The third kappa shape index (κ3) is 5.22. The molecule has 2 aromatic rings. The van der Waals surface area contributed by atoms with E-state index in [0.29, 0.717) is 22.8 Å². The smallest absolute Gasteiger partial charge is 0.307 e. The summed E-state index contributed by atoms with van der Waals surface area (Å²) in [5.74, 6) is -0.303. The molecule has 0 aromatic heterocycles. The first kappa shape index (κ1) is 19.7. The second kappa shape index (κ2) is 8.29. The van der Waals surface area contributed by atoms with Crippen molar-refractivity contribution in [3.8, 4) is 5.75 Å². The van der Waals surface area contributed by atoms with Gasteiger partial charge in [-0.05, 0) is 61.2 Å². The van der Waals surface area contributed by atoms with Crippen LogP contribution in [0.15, 0.2) is 53.4 Å². The Labute approximate surface area is 163 Å². The van der Waals surface area contributed by atoms with E-state index in [1.807, 2.05) is 0 Å². The maximum atomic E-state index is 12.6. The molecule has 1 fully saturated rings. The van der Waals surface area contributed by atoms with Crippen LogP contribution in [0.4, 0.5) is 0 Å². The molecule has 2 N–H and O–H groups in total. The standard InChI is InChI=1S/C19H20ClNO5S/c20-14-6-10-16(11-7-14)27(24,25)21-17-2-1-3-18(17)26-15-8-4-13(5-9-15)12-19(22)23/h4-11,17-18,21H,1-3,12H2,(H,22,23). The van der Waals surface area contributed by atoms with E-state index in [2.05, 4.69) is 4.72 Å². The lowest BCUT2D eigenvalue weighted by Gasteiger charge is -2.22. The molecule has 2 aromatic carbocycles. The highest BCUT2D eigenvalue weighted by Crippen LogP contribution is 2.27. The van der Waals surface area contributed by atoms with Gasteiger partial charge in [-0.2, -0.15) is 0 Å². The van der Waals surface area contributed by atoms with E-state index < -0.39 is 16.0 Å². The van der Waals surface area contributed by atoms with Crippen molar-refractivity contribution in [2.45, 2.75) is 42.7 Å². The second-order valence-corrected chi connectivity index (χ2v) is 8.63. The molecule has 1 aliphatic rings. The summed E-state index contributed by atoms with van der Waals surface area (Å²) in [7, 11) is -3.66. The van der Waals surface area contributed by atoms with E-state index >= 15 is 0 Å². The van der Waals surface area contributed by atoms with Crippen molar-refractivity contribution in [2.24, 2.45) is 0 Å². The van der Waals surface area contributed by atoms with Crippen molar-refractivity contribution < 1.29 is 23.1 Å². The van der Waals surface area contributed by atoms with Crippen LogP contribution in [0.5, 0.6) is 5.75 Å². The third-order valence-electron chi connectivity index (χ3n) is 4.45. The van der Waals surface area contributed by atoms with Gasteiger partial charge in [0, 0.05) is 5.02 Å². The Morgan fingerprint density at radius 1 is 1.11 bits per heavy atom. The highest BCUT2D eigenvalue weighted by molar-refractivity contribution is 7.89. The van der Waals surface area contributed by atoms with Gasteiger partial charge in [0.1, 0.15) is 11.9 Å². The molecule has 2 atom stereocenters. The topological polar surface area (TPSA) is 92.7 Å². The molecule has 27 heavy (non-hydrogen) atoms. The van der Waals surface area contributed by atoms with Gasteiger partial charge in [0.25, 0.3) is 0 Å². The molecule has 1 aliphatic carbocycles. The molecule has 0 saturated heterocycles. The average Bonchev–Trinajstić information content (AvgIpc) is 3.02. The van der Waals surface area contributed by atoms with Crippen LogP contribution in [0.2, 0.25) is 5.02 Å². The largest absolute Gasteiger partial charge is 0.489 e. The number of benzene rings is 2. The first-order valence-electron chi connectivity index (χ1n) is 8.59. The average molecular weight is 410 g/mol. The van der Waals surface area contributed by atoms with E-state index in [9.17, 15) is 13.2 Å². The first-order chi connectivity index (χ1) is 12.8. The van der Waals surface area contributed by atoms with Crippen LogP contribution < -0.4 is 9.46 Å². The fourth-order valence-electron chi connectivity index (χ4n) is 3.12. The molecular formula is C19H20ClNO5S. The van der Waals surface area contributed by atoms with E-state index in [1.165, 1.54) is 24.3 Å². The van der Waals surface area contributed by atoms with Crippen LogP contribution in [0.1, 0.15) is 24.8 Å². The van der Waals surface area contributed by atoms with Crippen LogP contribution in [0.25, 0.3) is 0 Å². The number of carbonyl (C=O) groups is 1. The predicted molar refractivity (Wildman–Crippen MR) is 102 cm³/mol. The summed E-state index contributed by atoms with van der Waals surface area (Å²) < 4.78 is 33.8. The number of hydrogen-bond acceptors (Lipinski definition) is 4. The van der Waals surface area contributed by atoms with Gasteiger partial charge in [-0.25, -0.2) is 13.1 Å². The van der Waals surface area contributed by atoms with Crippen LogP contribution in [0, 0.1) is 0 Å². The Bertz CT molecular complexity index is 897. The Hall–Kier alpha value is -2.09. The summed E-state index contributed by atoms with van der Waals surface area (Å²) in [6.45, 7) is 0. The van der Waals surface area contributed by atoms with E-state index in [1.54, 1.807) is 24.3 Å². The zero-order valence-corrected chi connectivity index (χ0v) is 16.0. The minimum atomic E-state index is -3.66. The molecule has 0 spiro atoms. The SMILES string of the molecule is O=C(O)Cc1ccc(OC2CCCC2NS(=O)(=O)c2ccc(Cl)cc2)cc1. The minimum Gasteiger partial charge on any atom is -0.489 e. The molecule has 0 amide bonds.